The number of benzene rings is 2. The van der Waals surface area contributed by atoms with Crippen molar-refractivity contribution in [2.75, 3.05) is 18.6 Å². The van der Waals surface area contributed by atoms with Gasteiger partial charge in [-0.25, -0.2) is 9.37 Å². The van der Waals surface area contributed by atoms with Crippen LogP contribution in [0.5, 0.6) is 5.75 Å². The van der Waals surface area contributed by atoms with E-state index in [4.69, 9.17) is 4.74 Å². The van der Waals surface area contributed by atoms with Crippen molar-refractivity contribution in [3.63, 3.8) is 0 Å². The van der Waals surface area contributed by atoms with Gasteiger partial charge in [0.15, 0.2) is 0 Å². The van der Waals surface area contributed by atoms with E-state index in [1.165, 1.54) is 12.3 Å². The van der Waals surface area contributed by atoms with Crippen LogP contribution in [0.1, 0.15) is 24.4 Å². The topological polar surface area (TPSA) is 51.1 Å². The Labute approximate surface area is 151 Å². The highest BCUT2D eigenvalue weighted by Gasteiger charge is 2.29. The molecule has 0 unspecified atom stereocenters. The number of hydrogen-bond donors (Lipinski definition) is 0. The number of anilines is 1. The Morgan fingerprint density at radius 2 is 2.04 bits per heavy atom. The molecule has 6 heteroatoms. The van der Waals surface area contributed by atoms with Gasteiger partial charge >= 0.3 is 0 Å². The van der Waals surface area contributed by atoms with E-state index in [1.807, 2.05) is 18.2 Å². The summed E-state index contributed by atoms with van der Waals surface area (Å²) in [6.07, 6.45) is 3.54. The highest BCUT2D eigenvalue weighted by molar-refractivity contribution is 5.60. The first-order valence-corrected chi connectivity index (χ1v) is 8.61. The van der Waals surface area contributed by atoms with Crippen LogP contribution in [0.15, 0.2) is 54.7 Å². The van der Waals surface area contributed by atoms with Gasteiger partial charge in [0.25, 0.3) is 0 Å². The Kier molecular flexibility index (Phi) is 4.48. The molecule has 0 bridgehead atoms. The summed E-state index contributed by atoms with van der Waals surface area (Å²) in [5.74, 6) is 1.04. The molecule has 1 aliphatic rings. The summed E-state index contributed by atoms with van der Waals surface area (Å²) < 4.78 is 19.4. The largest absolute Gasteiger partial charge is 0.497 e. The Hall–Kier alpha value is -3.02. The predicted octanol–water partition coefficient (Wildman–Crippen LogP) is 4.03. The van der Waals surface area contributed by atoms with Crippen molar-refractivity contribution in [1.29, 1.82) is 0 Å². The van der Waals surface area contributed by atoms with Crippen molar-refractivity contribution in [3.05, 3.63) is 66.1 Å². The number of hydrogen-bond acceptors (Lipinski definition) is 5. The summed E-state index contributed by atoms with van der Waals surface area (Å²) in [7, 11) is 1.66. The summed E-state index contributed by atoms with van der Waals surface area (Å²) in [4.78, 5) is 6.72. The number of nitrogens with zero attached hydrogens (tertiary/aromatic N) is 4. The van der Waals surface area contributed by atoms with E-state index in [9.17, 15) is 4.39 Å². The third-order valence-electron chi connectivity index (χ3n) is 4.69. The fraction of sp³-hybridized carbons (Fsp3) is 0.250. The first-order valence-electron chi connectivity index (χ1n) is 8.61. The maximum Gasteiger partial charge on any atom is 0.246 e. The second kappa shape index (κ2) is 7.07. The van der Waals surface area contributed by atoms with Gasteiger partial charge in [-0.15, -0.1) is 5.10 Å². The summed E-state index contributed by atoms with van der Waals surface area (Å²) in [5, 5.41) is 8.27. The quantitative estimate of drug-likeness (QED) is 0.711. The average molecular weight is 350 g/mol. The lowest BCUT2D eigenvalue weighted by Crippen LogP contribution is -2.25. The minimum absolute atomic E-state index is 0.155. The molecular weight excluding hydrogens is 331 g/mol. The van der Waals surface area contributed by atoms with E-state index >= 15 is 0 Å². The number of aromatic nitrogens is 3. The van der Waals surface area contributed by atoms with Gasteiger partial charge in [-0.1, -0.05) is 24.3 Å². The van der Waals surface area contributed by atoms with Crippen LogP contribution in [0, 0.1) is 5.82 Å². The van der Waals surface area contributed by atoms with Crippen molar-refractivity contribution in [1.82, 2.24) is 15.2 Å². The van der Waals surface area contributed by atoms with Crippen LogP contribution in [0.25, 0.3) is 11.3 Å². The normalized spacial score (nSPS) is 16.7. The predicted molar refractivity (Wildman–Crippen MR) is 97.5 cm³/mol. The van der Waals surface area contributed by atoms with Crippen LogP contribution in [-0.2, 0) is 0 Å². The third kappa shape index (κ3) is 3.10. The fourth-order valence-electron chi connectivity index (χ4n) is 3.42. The van der Waals surface area contributed by atoms with Gasteiger partial charge in [0.05, 0.1) is 25.0 Å². The van der Waals surface area contributed by atoms with Crippen LogP contribution in [0.2, 0.25) is 0 Å². The molecule has 0 amide bonds. The maximum atomic E-state index is 14.1. The lowest BCUT2D eigenvalue weighted by Gasteiger charge is -2.25. The van der Waals surface area contributed by atoms with Crippen LogP contribution in [-0.4, -0.2) is 28.8 Å². The standard InChI is InChI=1S/C20H19FN4O/c1-26-15-7-4-6-14(12-15)19-10-5-11-25(19)20-23-18(13-22-24-20)16-8-2-3-9-17(16)21/h2-4,6-9,12-13,19H,5,10-11H2,1H3/t19-/m1/s1. The molecule has 5 nitrogen and oxygen atoms in total. The molecule has 0 saturated carbocycles. The molecule has 2 heterocycles. The molecule has 26 heavy (non-hydrogen) atoms. The SMILES string of the molecule is COc1cccc([C@H]2CCCN2c2nncc(-c3ccccc3F)n2)c1. The summed E-state index contributed by atoms with van der Waals surface area (Å²) in [6.45, 7) is 0.838. The Bertz CT molecular complexity index is 918. The first-order chi connectivity index (χ1) is 12.8. The summed E-state index contributed by atoms with van der Waals surface area (Å²) >= 11 is 0. The average Bonchev–Trinajstić information content (AvgIpc) is 3.18. The molecule has 0 spiro atoms. The van der Waals surface area contributed by atoms with E-state index in [1.54, 1.807) is 25.3 Å². The lowest BCUT2D eigenvalue weighted by molar-refractivity contribution is 0.413. The zero-order valence-corrected chi connectivity index (χ0v) is 14.5. The van der Waals surface area contributed by atoms with Crippen LogP contribution in [0.4, 0.5) is 10.3 Å². The van der Waals surface area contributed by atoms with E-state index in [0.29, 0.717) is 17.2 Å². The molecule has 1 atom stereocenters. The molecule has 2 aromatic carbocycles. The van der Waals surface area contributed by atoms with E-state index in [-0.39, 0.29) is 11.9 Å². The third-order valence-corrected chi connectivity index (χ3v) is 4.69. The zero-order chi connectivity index (χ0) is 17.9. The van der Waals surface area contributed by atoms with E-state index < -0.39 is 0 Å². The van der Waals surface area contributed by atoms with Crippen molar-refractivity contribution in [2.24, 2.45) is 0 Å². The minimum atomic E-state index is -0.315. The van der Waals surface area contributed by atoms with Crippen LogP contribution < -0.4 is 9.64 Å². The van der Waals surface area contributed by atoms with Gasteiger partial charge < -0.3 is 9.64 Å². The monoisotopic (exact) mass is 350 g/mol. The van der Waals surface area contributed by atoms with Gasteiger partial charge in [-0.05, 0) is 42.7 Å². The highest BCUT2D eigenvalue weighted by Crippen LogP contribution is 2.36. The molecule has 1 aliphatic heterocycles. The van der Waals surface area contributed by atoms with Gasteiger partial charge in [0.1, 0.15) is 11.6 Å². The Morgan fingerprint density at radius 1 is 1.15 bits per heavy atom. The lowest BCUT2D eigenvalue weighted by atomic mass is 10.0. The molecule has 1 saturated heterocycles. The van der Waals surface area contributed by atoms with Crippen molar-refractivity contribution >= 4 is 5.95 Å². The van der Waals surface area contributed by atoms with Crippen molar-refractivity contribution < 1.29 is 9.13 Å². The maximum absolute atomic E-state index is 14.1. The van der Waals surface area contributed by atoms with Crippen LogP contribution >= 0.6 is 0 Å². The first kappa shape index (κ1) is 16.4. The molecular formula is C20H19FN4O. The van der Waals surface area contributed by atoms with E-state index in [0.717, 1.165) is 30.7 Å². The fourth-order valence-corrected chi connectivity index (χ4v) is 3.42. The second-order valence-corrected chi connectivity index (χ2v) is 6.25. The molecule has 0 radical (unpaired) electrons. The van der Waals surface area contributed by atoms with Gasteiger partial charge in [0, 0.05) is 12.1 Å². The molecule has 1 aromatic heterocycles. The number of methoxy groups -OCH3 is 1. The molecule has 1 fully saturated rings. The smallest absolute Gasteiger partial charge is 0.246 e. The van der Waals surface area contributed by atoms with Crippen LogP contribution in [0.3, 0.4) is 0 Å². The van der Waals surface area contributed by atoms with Crippen molar-refractivity contribution in [3.8, 4) is 17.0 Å². The van der Waals surface area contributed by atoms with Gasteiger partial charge in [-0.3, -0.25) is 0 Å². The Morgan fingerprint density at radius 3 is 2.88 bits per heavy atom. The molecule has 132 valence electrons. The highest BCUT2D eigenvalue weighted by atomic mass is 19.1. The van der Waals surface area contributed by atoms with Crippen molar-refractivity contribution in [2.45, 2.75) is 18.9 Å². The second-order valence-electron chi connectivity index (χ2n) is 6.25. The Balaban J connectivity index is 1.68. The zero-order valence-electron chi connectivity index (χ0n) is 14.5. The number of rotatable bonds is 4. The van der Waals surface area contributed by atoms with Gasteiger partial charge in [0.2, 0.25) is 5.95 Å². The summed E-state index contributed by atoms with van der Waals surface area (Å²) in [5.41, 5.74) is 2.08. The number of ether oxygens (including phenoxy) is 1. The number of halogens is 1. The van der Waals surface area contributed by atoms with Gasteiger partial charge in [-0.2, -0.15) is 5.10 Å². The molecule has 0 N–H and O–H groups in total. The summed E-state index contributed by atoms with van der Waals surface area (Å²) in [6, 6.07) is 14.8. The molecule has 3 aromatic rings. The molecule has 4 rings (SSSR count). The minimum Gasteiger partial charge on any atom is -0.497 e. The van der Waals surface area contributed by atoms with E-state index in [2.05, 4.69) is 26.1 Å². The molecule has 0 aliphatic carbocycles.